The number of amides is 2. The summed E-state index contributed by atoms with van der Waals surface area (Å²) in [5.74, 6) is 0.0765. The van der Waals surface area contributed by atoms with E-state index in [-0.39, 0.29) is 17.7 Å². The normalized spacial score (nSPS) is 16.1. The van der Waals surface area contributed by atoms with E-state index in [9.17, 15) is 9.59 Å². The van der Waals surface area contributed by atoms with Gasteiger partial charge in [-0.1, -0.05) is 6.07 Å². The van der Waals surface area contributed by atoms with Crippen LogP contribution in [0.15, 0.2) is 30.6 Å². The van der Waals surface area contributed by atoms with Crippen molar-refractivity contribution in [3.63, 3.8) is 0 Å². The third-order valence-electron chi connectivity index (χ3n) is 4.06. The van der Waals surface area contributed by atoms with Crippen LogP contribution < -0.4 is 5.32 Å². The zero-order valence-electron chi connectivity index (χ0n) is 12.0. The lowest BCUT2D eigenvalue weighted by Crippen LogP contribution is -2.42. The summed E-state index contributed by atoms with van der Waals surface area (Å²) >= 11 is 0. The van der Waals surface area contributed by atoms with Crippen LogP contribution in [0.2, 0.25) is 0 Å². The average molecular weight is 286 g/mol. The quantitative estimate of drug-likeness (QED) is 0.893. The molecule has 0 saturated carbocycles. The monoisotopic (exact) mass is 286 g/mol. The summed E-state index contributed by atoms with van der Waals surface area (Å²) in [6, 6.07) is 5.66. The Kier molecular flexibility index (Phi) is 3.60. The molecule has 1 aliphatic rings. The first-order chi connectivity index (χ1) is 10.2. The molecule has 0 atom stereocenters. The number of aromatic nitrogens is 2. The molecule has 21 heavy (non-hydrogen) atoms. The predicted molar refractivity (Wildman–Crippen MR) is 77.9 cm³/mol. The van der Waals surface area contributed by atoms with Crippen molar-refractivity contribution in [1.82, 2.24) is 19.8 Å². The highest BCUT2D eigenvalue weighted by molar-refractivity contribution is 6.00. The molecule has 3 heterocycles. The van der Waals surface area contributed by atoms with Crippen molar-refractivity contribution in [2.24, 2.45) is 5.92 Å². The van der Waals surface area contributed by atoms with Crippen LogP contribution in [0.3, 0.4) is 0 Å². The Hall–Kier alpha value is -2.37. The van der Waals surface area contributed by atoms with Gasteiger partial charge in [0, 0.05) is 32.3 Å². The third-order valence-corrected chi connectivity index (χ3v) is 4.06. The van der Waals surface area contributed by atoms with Crippen molar-refractivity contribution in [2.45, 2.75) is 12.8 Å². The molecular weight excluding hydrogens is 268 g/mol. The van der Waals surface area contributed by atoms with Gasteiger partial charge >= 0.3 is 0 Å². The van der Waals surface area contributed by atoms with Crippen molar-refractivity contribution in [3.8, 4) is 0 Å². The van der Waals surface area contributed by atoms with E-state index >= 15 is 0 Å². The third kappa shape index (κ3) is 2.49. The van der Waals surface area contributed by atoms with Crippen LogP contribution in [-0.4, -0.2) is 46.5 Å². The second-order valence-corrected chi connectivity index (χ2v) is 5.27. The number of pyridine rings is 1. The summed E-state index contributed by atoms with van der Waals surface area (Å²) in [4.78, 5) is 26.0. The van der Waals surface area contributed by atoms with Gasteiger partial charge in [-0.2, -0.15) is 5.10 Å². The molecule has 1 aliphatic heterocycles. The molecule has 6 heteroatoms. The van der Waals surface area contributed by atoms with Crippen molar-refractivity contribution in [1.29, 1.82) is 0 Å². The second-order valence-electron chi connectivity index (χ2n) is 5.27. The minimum absolute atomic E-state index is 0.00782. The Balaban J connectivity index is 1.74. The molecule has 3 rings (SSSR count). The first-order valence-corrected chi connectivity index (χ1v) is 7.14. The zero-order valence-corrected chi connectivity index (χ0v) is 12.0. The lowest BCUT2D eigenvalue weighted by molar-refractivity contribution is -0.125. The van der Waals surface area contributed by atoms with Gasteiger partial charge in [0.1, 0.15) is 0 Å². The van der Waals surface area contributed by atoms with Crippen LogP contribution in [0.1, 0.15) is 23.2 Å². The highest BCUT2D eigenvalue weighted by Gasteiger charge is 2.28. The molecule has 1 N–H and O–H groups in total. The Morgan fingerprint density at radius 2 is 2.05 bits per heavy atom. The summed E-state index contributed by atoms with van der Waals surface area (Å²) in [5.41, 5.74) is 1.44. The predicted octanol–water partition coefficient (Wildman–Crippen LogP) is 0.932. The van der Waals surface area contributed by atoms with Gasteiger partial charge < -0.3 is 10.2 Å². The maximum atomic E-state index is 12.6. The molecule has 0 aromatic carbocycles. The molecule has 2 amide bonds. The highest BCUT2D eigenvalue weighted by Crippen LogP contribution is 2.20. The fourth-order valence-electron chi connectivity index (χ4n) is 2.82. The van der Waals surface area contributed by atoms with Crippen molar-refractivity contribution < 1.29 is 9.59 Å². The molecular formula is C15H18N4O2. The fraction of sp³-hybridized carbons (Fsp3) is 0.400. The molecule has 0 radical (unpaired) electrons. The molecule has 1 fully saturated rings. The average Bonchev–Trinajstić information content (AvgIpc) is 2.97. The molecule has 0 spiro atoms. The number of nitrogens with zero attached hydrogens (tertiary/aromatic N) is 3. The van der Waals surface area contributed by atoms with Crippen LogP contribution in [0, 0.1) is 5.92 Å². The van der Waals surface area contributed by atoms with Crippen LogP contribution in [-0.2, 0) is 4.79 Å². The van der Waals surface area contributed by atoms with E-state index in [1.165, 1.54) is 0 Å². The Labute approximate surface area is 122 Å². The van der Waals surface area contributed by atoms with Gasteiger partial charge in [0.15, 0.2) is 0 Å². The van der Waals surface area contributed by atoms with Crippen LogP contribution in [0.25, 0.3) is 5.52 Å². The number of hydrogen-bond acceptors (Lipinski definition) is 3. The van der Waals surface area contributed by atoms with Crippen molar-refractivity contribution in [3.05, 3.63) is 36.2 Å². The van der Waals surface area contributed by atoms with E-state index < -0.39 is 0 Å². The standard InChI is InChI=1S/C15H18N4O2/c1-16-14(20)11-5-8-18(9-6-11)15(21)12-10-17-19-7-3-2-4-13(12)19/h2-4,7,10-11H,5-6,8-9H2,1H3,(H,16,20). The van der Waals surface area contributed by atoms with Gasteiger partial charge in [-0.15, -0.1) is 0 Å². The molecule has 0 unspecified atom stereocenters. The molecule has 0 bridgehead atoms. The zero-order chi connectivity index (χ0) is 14.8. The fourth-order valence-corrected chi connectivity index (χ4v) is 2.82. The van der Waals surface area contributed by atoms with Gasteiger partial charge in [0.05, 0.1) is 17.3 Å². The maximum Gasteiger partial charge on any atom is 0.257 e. The van der Waals surface area contributed by atoms with Crippen molar-refractivity contribution >= 4 is 17.3 Å². The Morgan fingerprint density at radius 3 is 2.76 bits per heavy atom. The minimum Gasteiger partial charge on any atom is -0.359 e. The Morgan fingerprint density at radius 1 is 1.29 bits per heavy atom. The topological polar surface area (TPSA) is 66.7 Å². The molecule has 110 valence electrons. The smallest absolute Gasteiger partial charge is 0.257 e. The van der Waals surface area contributed by atoms with Gasteiger partial charge in [-0.05, 0) is 25.0 Å². The number of piperidine rings is 1. The number of rotatable bonds is 2. The highest BCUT2D eigenvalue weighted by atomic mass is 16.2. The van der Waals surface area contributed by atoms with Crippen molar-refractivity contribution in [2.75, 3.05) is 20.1 Å². The first kappa shape index (κ1) is 13.6. The first-order valence-electron chi connectivity index (χ1n) is 7.14. The van der Waals surface area contributed by atoms with Crippen LogP contribution in [0.4, 0.5) is 0 Å². The molecule has 2 aromatic rings. The van der Waals surface area contributed by atoms with E-state index in [0.717, 1.165) is 5.52 Å². The van der Waals surface area contributed by atoms with E-state index in [2.05, 4.69) is 10.4 Å². The van der Waals surface area contributed by atoms with Crippen LogP contribution in [0.5, 0.6) is 0 Å². The Bertz CT molecular complexity index is 671. The second kappa shape index (κ2) is 5.55. The molecule has 0 aliphatic carbocycles. The maximum absolute atomic E-state index is 12.6. The minimum atomic E-state index is -0.00782. The van der Waals surface area contributed by atoms with Gasteiger partial charge in [0.25, 0.3) is 5.91 Å². The summed E-state index contributed by atoms with van der Waals surface area (Å²) in [6.07, 6.45) is 4.86. The summed E-state index contributed by atoms with van der Waals surface area (Å²) in [5, 5.41) is 6.87. The number of hydrogen-bond donors (Lipinski definition) is 1. The van der Waals surface area contributed by atoms with E-state index in [1.807, 2.05) is 29.3 Å². The number of likely N-dealkylation sites (tertiary alicyclic amines) is 1. The lowest BCUT2D eigenvalue weighted by Gasteiger charge is -2.30. The summed E-state index contributed by atoms with van der Waals surface area (Å²) in [6.45, 7) is 1.22. The van der Waals surface area contributed by atoms with E-state index in [4.69, 9.17) is 0 Å². The molecule has 2 aromatic heterocycles. The number of fused-ring (bicyclic) bond motifs is 1. The number of carbonyl (C=O) groups is 2. The number of carbonyl (C=O) groups excluding carboxylic acids is 2. The van der Waals surface area contributed by atoms with Crippen LogP contribution >= 0.6 is 0 Å². The summed E-state index contributed by atoms with van der Waals surface area (Å²) in [7, 11) is 1.65. The largest absolute Gasteiger partial charge is 0.359 e. The van der Waals surface area contributed by atoms with Gasteiger partial charge in [-0.25, -0.2) is 4.52 Å². The lowest BCUT2D eigenvalue weighted by atomic mass is 9.95. The SMILES string of the molecule is CNC(=O)C1CCN(C(=O)c2cnn3ccccc23)CC1. The molecule has 1 saturated heterocycles. The molecule has 6 nitrogen and oxygen atoms in total. The van der Waals surface area contributed by atoms with Gasteiger partial charge in [0.2, 0.25) is 5.91 Å². The van der Waals surface area contributed by atoms with Gasteiger partial charge in [-0.3, -0.25) is 9.59 Å². The summed E-state index contributed by atoms with van der Waals surface area (Å²) < 4.78 is 1.70. The van der Waals surface area contributed by atoms with E-state index in [1.54, 1.807) is 17.8 Å². The number of nitrogens with one attached hydrogen (secondary N) is 1. The van der Waals surface area contributed by atoms with E-state index in [0.29, 0.717) is 31.5 Å².